The van der Waals surface area contributed by atoms with E-state index < -0.39 is 0 Å². The van der Waals surface area contributed by atoms with Gasteiger partial charge in [-0.05, 0) is 53.5 Å². The molecular weight excluding hydrogens is 316 g/mol. The molecule has 0 amide bonds. The van der Waals surface area contributed by atoms with Crippen molar-refractivity contribution in [2.24, 2.45) is 0 Å². The lowest BCUT2D eigenvalue weighted by Gasteiger charge is -2.15. The molecule has 0 saturated heterocycles. The van der Waals surface area contributed by atoms with E-state index in [9.17, 15) is 4.79 Å². The Morgan fingerprint density at radius 3 is 2.68 bits per heavy atom. The molecule has 1 aromatic carbocycles. The van der Waals surface area contributed by atoms with Gasteiger partial charge in [0.05, 0.1) is 17.9 Å². The number of allylic oxidation sites excluding steroid dienone is 4. The van der Waals surface area contributed by atoms with Crippen LogP contribution in [0.5, 0.6) is 0 Å². The molecule has 0 bridgehead atoms. The number of aromatic nitrogens is 6. The zero-order chi connectivity index (χ0) is 17.2. The smallest absolute Gasteiger partial charge is 0.285 e. The molecule has 0 spiro atoms. The lowest BCUT2D eigenvalue weighted by Crippen LogP contribution is -2.27. The maximum absolute atomic E-state index is 12.7. The molecule has 0 saturated carbocycles. The molecule has 3 aromatic rings. The van der Waals surface area contributed by atoms with Crippen LogP contribution in [0.1, 0.15) is 25.8 Å². The van der Waals surface area contributed by atoms with Crippen LogP contribution in [0.2, 0.25) is 0 Å². The number of rotatable bonds is 4. The van der Waals surface area contributed by atoms with Crippen LogP contribution in [0.25, 0.3) is 16.8 Å². The van der Waals surface area contributed by atoms with Crippen molar-refractivity contribution in [3.63, 3.8) is 0 Å². The summed E-state index contributed by atoms with van der Waals surface area (Å²) < 4.78 is 2.77. The van der Waals surface area contributed by atoms with Crippen LogP contribution in [0.3, 0.4) is 0 Å². The summed E-state index contributed by atoms with van der Waals surface area (Å²) in [7, 11) is 0. The van der Waals surface area contributed by atoms with Gasteiger partial charge in [0, 0.05) is 11.8 Å². The van der Waals surface area contributed by atoms with E-state index in [2.05, 4.69) is 32.8 Å². The Morgan fingerprint density at radius 2 is 2.00 bits per heavy atom. The number of hydrogen-bond donors (Lipinski definition) is 1. The number of nitrogens with zero attached hydrogens (tertiary/aromatic N) is 5. The van der Waals surface area contributed by atoms with Crippen LogP contribution in [0.15, 0.2) is 65.3 Å². The molecule has 4 rings (SSSR count). The van der Waals surface area contributed by atoms with Crippen LogP contribution in [0, 0.1) is 0 Å². The topological polar surface area (TPSA) is 81.4 Å². The molecule has 7 heteroatoms. The van der Waals surface area contributed by atoms with E-state index in [1.807, 2.05) is 43.5 Å². The van der Waals surface area contributed by atoms with E-state index in [0.717, 1.165) is 24.0 Å². The lowest BCUT2D eigenvalue weighted by molar-refractivity contribution is 0.506. The van der Waals surface area contributed by atoms with Crippen LogP contribution in [-0.2, 0) is 0 Å². The monoisotopic (exact) mass is 334 g/mol. The van der Waals surface area contributed by atoms with Gasteiger partial charge in [0.2, 0.25) is 0 Å². The van der Waals surface area contributed by atoms with Crippen LogP contribution >= 0.6 is 0 Å². The van der Waals surface area contributed by atoms with Gasteiger partial charge in [0.25, 0.3) is 0 Å². The Balaban J connectivity index is 1.64. The summed E-state index contributed by atoms with van der Waals surface area (Å²) in [6.07, 6.45) is 11.7. The molecule has 1 atom stereocenters. The van der Waals surface area contributed by atoms with Gasteiger partial charge in [-0.3, -0.25) is 5.10 Å². The number of aromatic amines is 1. The molecule has 1 aliphatic rings. The molecule has 126 valence electrons. The first-order chi connectivity index (χ1) is 12.2. The lowest BCUT2D eigenvalue weighted by atomic mass is 9.99. The fourth-order valence-corrected chi connectivity index (χ4v) is 2.99. The van der Waals surface area contributed by atoms with Gasteiger partial charge in [-0.2, -0.15) is 14.5 Å². The van der Waals surface area contributed by atoms with Crippen molar-refractivity contribution in [3.8, 4) is 16.8 Å². The maximum atomic E-state index is 12.7. The third-order valence-corrected chi connectivity index (χ3v) is 4.50. The Bertz CT molecular complexity index is 976. The van der Waals surface area contributed by atoms with Gasteiger partial charge in [0.1, 0.15) is 0 Å². The van der Waals surface area contributed by atoms with Crippen LogP contribution in [-0.4, -0.2) is 30.0 Å². The number of benzene rings is 1. The van der Waals surface area contributed by atoms with E-state index in [1.165, 1.54) is 14.9 Å². The predicted octanol–water partition coefficient (Wildman–Crippen LogP) is 2.66. The second-order valence-electron chi connectivity index (χ2n) is 6.04. The summed E-state index contributed by atoms with van der Waals surface area (Å²) in [5.41, 5.74) is 3.65. The fourth-order valence-electron chi connectivity index (χ4n) is 2.99. The molecule has 7 nitrogen and oxygen atoms in total. The number of hydrogen-bond acceptors (Lipinski definition) is 4. The minimum absolute atomic E-state index is 0.101. The SMILES string of the molecule is CC(C1=CC=CCC1)n1nnn(-c2ccc(-c3cn[nH]c3)cc2)c1=O. The molecule has 1 N–H and O–H groups in total. The van der Waals surface area contributed by atoms with Crippen molar-refractivity contribution in [3.05, 3.63) is 70.9 Å². The molecule has 2 heterocycles. The van der Waals surface area contributed by atoms with Gasteiger partial charge in [0.15, 0.2) is 0 Å². The van der Waals surface area contributed by atoms with Crippen molar-refractivity contribution in [2.75, 3.05) is 0 Å². The highest BCUT2D eigenvalue weighted by Gasteiger charge is 2.18. The third-order valence-electron chi connectivity index (χ3n) is 4.50. The van der Waals surface area contributed by atoms with Crippen molar-refractivity contribution in [2.45, 2.75) is 25.8 Å². The Morgan fingerprint density at radius 1 is 1.16 bits per heavy atom. The van der Waals surface area contributed by atoms with Crippen LogP contribution in [0.4, 0.5) is 0 Å². The van der Waals surface area contributed by atoms with Crippen molar-refractivity contribution in [1.82, 2.24) is 30.0 Å². The minimum Gasteiger partial charge on any atom is -0.285 e. The number of nitrogens with one attached hydrogen (secondary N) is 1. The maximum Gasteiger partial charge on any atom is 0.369 e. The Labute approximate surface area is 144 Å². The molecule has 0 radical (unpaired) electrons. The molecular formula is C18H18N6O. The van der Waals surface area contributed by atoms with E-state index in [1.54, 1.807) is 6.20 Å². The largest absolute Gasteiger partial charge is 0.369 e. The highest BCUT2D eigenvalue weighted by molar-refractivity contribution is 5.62. The molecule has 0 aliphatic heterocycles. The zero-order valence-electron chi connectivity index (χ0n) is 13.8. The van der Waals surface area contributed by atoms with Gasteiger partial charge >= 0.3 is 5.69 Å². The molecule has 1 aliphatic carbocycles. The van der Waals surface area contributed by atoms with E-state index in [0.29, 0.717) is 5.69 Å². The third kappa shape index (κ3) is 2.84. The van der Waals surface area contributed by atoms with Gasteiger partial charge in [-0.1, -0.05) is 30.4 Å². The van der Waals surface area contributed by atoms with E-state index in [-0.39, 0.29) is 11.7 Å². The van der Waals surface area contributed by atoms with E-state index >= 15 is 0 Å². The standard InChI is InChI=1S/C18H18N6O/c1-13(14-5-3-2-4-6-14)23-18(25)24(22-21-23)17-9-7-15(8-10-17)16-11-19-20-12-16/h2-3,5,7-13H,4,6H2,1H3,(H,19,20). The van der Waals surface area contributed by atoms with E-state index in [4.69, 9.17) is 0 Å². The molecule has 0 fully saturated rings. The second kappa shape index (κ2) is 6.35. The van der Waals surface area contributed by atoms with Gasteiger partial charge in [-0.25, -0.2) is 4.79 Å². The highest BCUT2D eigenvalue weighted by atomic mass is 16.2. The Kier molecular flexibility index (Phi) is 3.89. The first-order valence-electron chi connectivity index (χ1n) is 8.24. The Hall–Kier alpha value is -3.22. The predicted molar refractivity (Wildman–Crippen MR) is 94.4 cm³/mol. The number of H-pyrrole nitrogens is 1. The summed E-state index contributed by atoms with van der Waals surface area (Å²) >= 11 is 0. The fraction of sp³-hybridized carbons (Fsp3) is 0.222. The van der Waals surface area contributed by atoms with Crippen molar-refractivity contribution >= 4 is 0 Å². The van der Waals surface area contributed by atoms with Crippen molar-refractivity contribution < 1.29 is 0 Å². The molecule has 2 aromatic heterocycles. The normalized spacial score (nSPS) is 15.2. The first-order valence-corrected chi connectivity index (χ1v) is 8.24. The average molecular weight is 334 g/mol. The van der Waals surface area contributed by atoms with Crippen molar-refractivity contribution in [1.29, 1.82) is 0 Å². The summed E-state index contributed by atoms with van der Waals surface area (Å²) in [6.45, 7) is 1.98. The second-order valence-corrected chi connectivity index (χ2v) is 6.04. The first kappa shape index (κ1) is 15.3. The highest BCUT2D eigenvalue weighted by Crippen LogP contribution is 2.23. The average Bonchev–Trinajstić information content (AvgIpc) is 3.32. The van der Waals surface area contributed by atoms with Gasteiger partial charge in [-0.15, -0.1) is 0 Å². The number of tetrazole rings is 1. The molecule has 25 heavy (non-hydrogen) atoms. The summed E-state index contributed by atoms with van der Waals surface area (Å²) in [4.78, 5) is 12.7. The summed E-state index contributed by atoms with van der Waals surface area (Å²) in [6, 6.07) is 7.48. The quantitative estimate of drug-likeness (QED) is 0.795. The van der Waals surface area contributed by atoms with Crippen LogP contribution < -0.4 is 5.69 Å². The zero-order valence-corrected chi connectivity index (χ0v) is 13.8. The summed E-state index contributed by atoms with van der Waals surface area (Å²) in [5, 5.41) is 14.9. The molecule has 1 unspecified atom stereocenters. The summed E-state index contributed by atoms with van der Waals surface area (Å²) in [5.74, 6) is 0. The van der Waals surface area contributed by atoms with Gasteiger partial charge < -0.3 is 0 Å². The minimum atomic E-state index is -0.237.